The summed E-state index contributed by atoms with van der Waals surface area (Å²) >= 11 is 1.61. The van der Waals surface area contributed by atoms with Gasteiger partial charge < -0.3 is 25.2 Å². The molecule has 0 saturated carbocycles. The van der Waals surface area contributed by atoms with Crippen LogP contribution in [-0.2, 0) is 14.3 Å². The molecule has 0 spiro atoms. The number of primary amides is 1. The topological polar surface area (TPSA) is 109 Å². The van der Waals surface area contributed by atoms with Crippen LogP contribution in [0.5, 0.6) is 0 Å². The van der Waals surface area contributed by atoms with Crippen molar-refractivity contribution < 1.29 is 19.1 Å². The maximum atomic E-state index is 14.4. The van der Waals surface area contributed by atoms with E-state index in [1.165, 1.54) is 0 Å². The molecule has 3 saturated heterocycles. The second kappa shape index (κ2) is 11.2. The van der Waals surface area contributed by atoms with Crippen LogP contribution in [0.25, 0.3) is 11.3 Å². The van der Waals surface area contributed by atoms with Gasteiger partial charge in [-0.1, -0.05) is 33.8 Å². The first-order chi connectivity index (χ1) is 19.0. The lowest BCUT2D eigenvalue weighted by Gasteiger charge is -2.32. The first kappa shape index (κ1) is 28.7. The number of thiazole rings is 1. The van der Waals surface area contributed by atoms with E-state index in [2.05, 4.69) is 44.5 Å². The van der Waals surface area contributed by atoms with Crippen molar-refractivity contribution in [3.8, 4) is 11.3 Å². The number of likely N-dealkylation sites (tertiary alicyclic amines) is 1. The summed E-state index contributed by atoms with van der Waals surface area (Å²) in [5, 5.41) is 3.00. The molecule has 40 heavy (non-hydrogen) atoms. The number of aromatic nitrogens is 1. The Balaban J connectivity index is 1.52. The van der Waals surface area contributed by atoms with Crippen LogP contribution in [0.15, 0.2) is 23.6 Å². The molecule has 0 aliphatic carbocycles. The van der Waals surface area contributed by atoms with Gasteiger partial charge in [-0.2, -0.15) is 0 Å². The van der Waals surface area contributed by atoms with E-state index in [-0.39, 0.29) is 35.7 Å². The number of carbonyl (C=O) groups excluding carboxylic acids is 3. The number of Topliss-reactive ketones (excluding diaryl/α,β-unsaturated/α-hetero) is 1. The van der Waals surface area contributed by atoms with Crippen LogP contribution in [0.1, 0.15) is 62.4 Å². The number of hydrogen-bond donors (Lipinski definition) is 1. The number of rotatable bonds is 7. The molecule has 216 valence electrons. The number of amides is 2. The van der Waals surface area contributed by atoms with Crippen molar-refractivity contribution in [1.29, 1.82) is 0 Å². The van der Waals surface area contributed by atoms with Crippen LogP contribution in [0.3, 0.4) is 0 Å². The van der Waals surface area contributed by atoms with Gasteiger partial charge >= 0.3 is 0 Å². The fourth-order valence-corrected chi connectivity index (χ4v) is 7.15. The van der Waals surface area contributed by atoms with E-state index in [1.54, 1.807) is 22.3 Å². The predicted molar refractivity (Wildman–Crippen MR) is 157 cm³/mol. The number of benzene rings is 1. The lowest BCUT2D eigenvalue weighted by atomic mass is 9.78. The maximum Gasteiger partial charge on any atom is 0.249 e. The van der Waals surface area contributed by atoms with Crippen LogP contribution in [0.2, 0.25) is 0 Å². The normalized spacial score (nSPS) is 24.4. The summed E-state index contributed by atoms with van der Waals surface area (Å²) in [6.07, 6.45) is 1.06. The summed E-state index contributed by atoms with van der Waals surface area (Å²) in [6, 6.07) is 4.92. The lowest BCUT2D eigenvalue weighted by molar-refractivity contribution is -0.138. The SMILES string of the molecule is CC[C@@H]1CN(C(=O)[C@@H](CC(C)(C)C)c2cc(-c3csc(N4CCN(C)CC4)n3)ccc2C(N)=O)[C@@H]2C(=O)CO[C@H]12. The van der Waals surface area contributed by atoms with Gasteiger partial charge in [-0.25, -0.2) is 4.98 Å². The van der Waals surface area contributed by atoms with Gasteiger partial charge in [0, 0.05) is 55.1 Å². The largest absolute Gasteiger partial charge is 0.367 e. The monoisotopic (exact) mass is 567 g/mol. The zero-order valence-electron chi connectivity index (χ0n) is 24.2. The van der Waals surface area contributed by atoms with Gasteiger partial charge in [0.1, 0.15) is 12.6 Å². The molecule has 0 unspecified atom stereocenters. The molecular weight excluding hydrogens is 526 g/mol. The van der Waals surface area contributed by atoms with Crippen LogP contribution in [0.4, 0.5) is 5.13 Å². The number of nitrogens with two attached hydrogens (primary N) is 1. The maximum absolute atomic E-state index is 14.4. The minimum atomic E-state index is -0.636. The van der Waals surface area contributed by atoms with Crippen molar-refractivity contribution in [2.24, 2.45) is 17.1 Å². The van der Waals surface area contributed by atoms with E-state index in [4.69, 9.17) is 15.5 Å². The Morgan fingerprint density at radius 3 is 2.58 bits per heavy atom. The summed E-state index contributed by atoms with van der Waals surface area (Å²) in [5.41, 5.74) is 8.22. The fraction of sp³-hybridized carbons (Fsp3) is 0.600. The van der Waals surface area contributed by atoms with Gasteiger partial charge in [0.15, 0.2) is 10.9 Å². The number of carbonyl (C=O) groups is 3. The predicted octanol–water partition coefficient (Wildman–Crippen LogP) is 3.39. The van der Waals surface area contributed by atoms with Gasteiger partial charge in [-0.3, -0.25) is 14.4 Å². The summed E-state index contributed by atoms with van der Waals surface area (Å²) in [4.78, 5) is 51.1. The summed E-state index contributed by atoms with van der Waals surface area (Å²) in [5.74, 6) is -1.29. The van der Waals surface area contributed by atoms with E-state index in [1.807, 2.05) is 17.5 Å². The number of anilines is 1. The van der Waals surface area contributed by atoms with Crippen molar-refractivity contribution in [3.63, 3.8) is 0 Å². The standard InChI is InChI=1S/C30H41N5O4S/c1-6-18-15-35(25-24(36)16-39-26(18)25)28(38)22(14-30(2,3)4)21-13-19(7-8-20(21)27(31)37)23-17-40-29(32-23)34-11-9-33(5)10-12-34/h7-8,13,17-18,22,25-26H,6,9-12,14-16H2,1-5H3,(H2,31,37)/t18-,22+,25-,26-/m1/s1. The molecule has 4 atom stereocenters. The molecule has 10 heteroatoms. The zero-order chi connectivity index (χ0) is 28.8. The third-order valence-corrected chi connectivity index (χ3v) is 9.37. The smallest absolute Gasteiger partial charge is 0.249 e. The van der Waals surface area contributed by atoms with Crippen LogP contribution in [0, 0.1) is 11.3 Å². The molecular formula is C30H41N5O4S. The minimum absolute atomic E-state index is 0.0427. The zero-order valence-corrected chi connectivity index (χ0v) is 25.0. The van der Waals surface area contributed by atoms with Crippen LogP contribution < -0.4 is 10.6 Å². The summed E-state index contributed by atoms with van der Waals surface area (Å²) in [6.45, 7) is 12.7. The van der Waals surface area contributed by atoms with Crippen molar-refractivity contribution in [2.75, 3.05) is 51.3 Å². The molecule has 4 heterocycles. The van der Waals surface area contributed by atoms with Crippen molar-refractivity contribution >= 4 is 34.1 Å². The highest BCUT2D eigenvalue weighted by molar-refractivity contribution is 7.14. The Morgan fingerprint density at radius 2 is 1.93 bits per heavy atom. The lowest BCUT2D eigenvalue weighted by Crippen LogP contribution is -2.45. The molecule has 3 fully saturated rings. The quantitative estimate of drug-likeness (QED) is 0.546. The molecule has 0 radical (unpaired) electrons. The van der Waals surface area contributed by atoms with Gasteiger partial charge in [0.05, 0.1) is 17.7 Å². The van der Waals surface area contributed by atoms with Gasteiger partial charge in [-0.05, 0) is 43.0 Å². The number of hydrogen-bond acceptors (Lipinski definition) is 8. The minimum Gasteiger partial charge on any atom is -0.367 e. The Kier molecular flexibility index (Phi) is 8.05. The van der Waals surface area contributed by atoms with E-state index >= 15 is 0 Å². The molecule has 0 bridgehead atoms. The Morgan fingerprint density at radius 1 is 1.20 bits per heavy atom. The Bertz CT molecular complexity index is 1280. The highest BCUT2D eigenvalue weighted by Crippen LogP contribution is 2.41. The molecule has 1 aromatic heterocycles. The number of nitrogens with zero attached hydrogens (tertiary/aromatic N) is 4. The van der Waals surface area contributed by atoms with E-state index in [0.29, 0.717) is 24.1 Å². The highest BCUT2D eigenvalue weighted by atomic mass is 32.1. The first-order valence-electron chi connectivity index (χ1n) is 14.2. The molecule has 5 rings (SSSR count). The third-order valence-electron chi connectivity index (χ3n) is 8.47. The average molecular weight is 568 g/mol. The summed E-state index contributed by atoms with van der Waals surface area (Å²) in [7, 11) is 2.13. The third kappa shape index (κ3) is 5.66. The number of fused-ring (bicyclic) bond motifs is 1. The average Bonchev–Trinajstić information content (AvgIpc) is 3.64. The van der Waals surface area contributed by atoms with Crippen LogP contribution in [-0.4, -0.2) is 90.9 Å². The molecule has 2 N–H and O–H groups in total. The number of likely N-dealkylation sites (N-methyl/N-ethyl adjacent to an activating group) is 1. The van der Waals surface area contributed by atoms with Gasteiger partial charge in [-0.15, -0.1) is 11.3 Å². The Labute approximate surface area is 240 Å². The van der Waals surface area contributed by atoms with Crippen molar-refractivity contribution in [2.45, 2.75) is 58.6 Å². The highest BCUT2D eigenvalue weighted by Gasteiger charge is 2.52. The van der Waals surface area contributed by atoms with Crippen LogP contribution >= 0.6 is 11.3 Å². The number of ether oxygens (including phenoxy) is 1. The number of piperazine rings is 1. The molecule has 3 aliphatic rings. The van der Waals surface area contributed by atoms with Gasteiger partial charge in [0.25, 0.3) is 0 Å². The second-order valence-corrected chi connectivity index (χ2v) is 13.5. The van der Waals surface area contributed by atoms with E-state index < -0.39 is 17.9 Å². The first-order valence-corrected chi connectivity index (χ1v) is 15.1. The summed E-state index contributed by atoms with van der Waals surface area (Å²) < 4.78 is 5.83. The molecule has 2 aromatic rings. The number of ketones is 1. The molecule has 1 aromatic carbocycles. The van der Waals surface area contributed by atoms with Crippen molar-refractivity contribution in [1.82, 2.24) is 14.8 Å². The molecule has 2 amide bonds. The Hall–Kier alpha value is -2.82. The van der Waals surface area contributed by atoms with Crippen molar-refractivity contribution in [3.05, 3.63) is 34.7 Å². The molecule has 9 nitrogen and oxygen atoms in total. The molecule has 3 aliphatic heterocycles. The fourth-order valence-electron chi connectivity index (χ4n) is 6.26. The van der Waals surface area contributed by atoms with Gasteiger partial charge in [0.2, 0.25) is 11.8 Å². The van der Waals surface area contributed by atoms with E-state index in [0.717, 1.165) is 49.0 Å². The second-order valence-electron chi connectivity index (χ2n) is 12.6. The van der Waals surface area contributed by atoms with E-state index in [9.17, 15) is 14.4 Å².